The van der Waals surface area contributed by atoms with Gasteiger partial charge in [-0.2, -0.15) is 0 Å². The van der Waals surface area contributed by atoms with Crippen LogP contribution in [-0.2, 0) is 16.6 Å². The van der Waals surface area contributed by atoms with Crippen LogP contribution in [0, 0.1) is 12.8 Å². The molecular weight excluding hydrogens is 386 g/mol. The van der Waals surface area contributed by atoms with Crippen molar-refractivity contribution in [1.29, 1.82) is 0 Å². The number of hydrogen-bond donors (Lipinski definition) is 2. The highest BCUT2D eigenvalue weighted by molar-refractivity contribution is 7.89. The highest BCUT2D eigenvalue weighted by Gasteiger charge is 2.20. The van der Waals surface area contributed by atoms with Crippen LogP contribution in [0.25, 0.3) is 0 Å². The van der Waals surface area contributed by atoms with Gasteiger partial charge in [-0.15, -0.1) is 0 Å². The van der Waals surface area contributed by atoms with E-state index in [1.807, 2.05) is 0 Å². The third-order valence-corrected chi connectivity index (χ3v) is 6.87. The second-order valence-corrected chi connectivity index (χ2v) is 9.54. The van der Waals surface area contributed by atoms with Gasteiger partial charge in [-0.3, -0.25) is 9.69 Å². The summed E-state index contributed by atoms with van der Waals surface area (Å²) in [6.07, 6.45) is 2.08. The lowest BCUT2D eigenvalue weighted by Gasteiger charge is -2.32. The molecule has 6 nitrogen and oxygen atoms in total. The minimum Gasteiger partial charge on any atom is -0.352 e. The molecule has 2 aromatic carbocycles. The number of benzene rings is 2. The number of nitrogens with zero attached hydrogens (tertiary/aromatic N) is 1. The van der Waals surface area contributed by atoms with Crippen LogP contribution in [0.5, 0.6) is 0 Å². The number of nitrogens with one attached hydrogen (secondary N) is 2. The summed E-state index contributed by atoms with van der Waals surface area (Å²) in [5, 5.41) is 2.96. The van der Waals surface area contributed by atoms with E-state index in [-0.39, 0.29) is 10.8 Å². The number of carbonyl (C=O) groups is 1. The van der Waals surface area contributed by atoms with Crippen LogP contribution in [-0.4, -0.2) is 45.9 Å². The van der Waals surface area contributed by atoms with Crippen LogP contribution in [0.1, 0.15) is 34.3 Å². The molecule has 156 valence electrons. The Kier molecular flexibility index (Phi) is 7.05. The highest BCUT2D eigenvalue weighted by Crippen LogP contribution is 2.19. The standard InChI is InChI=1S/C22H29N3O3S/c1-17-6-8-19(9-7-17)16-25-12-10-18(11-13-25)15-24-22(26)20-4-3-5-21(14-20)29(27,28)23-2/h3-9,14,18,23H,10-13,15-16H2,1-2H3,(H,24,26). The van der Waals surface area contributed by atoms with Gasteiger partial charge in [0.1, 0.15) is 0 Å². The zero-order valence-corrected chi connectivity index (χ0v) is 17.8. The van der Waals surface area contributed by atoms with E-state index in [9.17, 15) is 13.2 Å². The largest absolute Gasteiger partial charge is 0.352 e. The van der Waals surface area contributed by atoms with Gasteiger partial charge in [0, 0.05) is 18.7 Å². The quantitative estimate of drug-likeness (QED) is 0.729. The summed E-state index contributed by atoms with van der Waals surface area (Å²) in [5.41, 5.74) is 2.97. The van der Waals surface area contributed by atoms with Crippen molar-refractivity contribution in [2.24, 2.45) is 5.92 Å². The predicted molar refractivity (Wildman–Crippen MR) is 114 cm³/mol. The lowest BCUT2D eigenvalue weighted by Crippen LogP contribution is -2.38. The summed E-state index contributed by atoms with van der Waals surface area (Å²) >= 11 is 0. The molecule has 1 aliphatic rings. The Hall–Kier alpha value is -2.22. The molecule has 0 saturated carbocycles. The first-order chi connectivity index (χ1) is 13.9. The van der Waals surface area contributed by atoms with Crippen LogP contribution in [0.2, 0.25) is 0 Å². The monoisotopic (exact) mass is 415 g/mol. The van der Waals surface area contributed by atoms with Crippen molar-refractivity contribution in [3.05, 3.63) is 65.2 Å². The molecule has 1 amide bonds. The maximum absolute atomic E-state index is 12.5. The molecule has 0 bridgehead atoms. The van der Waals surface area contributed by atoms with Crippen molar-refractivity contribution >= 4 is 15.9 Å². The number of amides is 1. The van der Waals surface area contributed by atoms with Gasteiger partial charge in [-0.05, 0) is 69.6 Å². The molecule has 0 radical (unpaired) electrons. The minimum absolute atomic E-state index is 0.0945. The lowest BCUT2D eigenvalue weighted by molar-refractivity contribution is 0.0935. The highest BCUT2D eigenvalue weighted by atomic mass is 32.2. The van der Waals surface area contributed by atoms with Gasteiger partial charge in [-0.25, -0.2) is 13.1 Å². The van der Waals surface area contributed by atoms with Crippen LogP contribution >= 0.6 is 0 Å². The van der Waals surface area contributed by atoms with Crippen molar-refractivity contribution in [3.8, 4) is 0 Å². The Morgan fingerprint density at radius 3 is 2.45 bits per heavy atom. The Morgan fingerprint density at radius 1 is 1.10 bits per heavy atom. The SMILES string of the molecule is CNS(=O)(=O)c1cccc(C(=O)NCC2CCN(Cc3ccc(C)cc3)CC2)c1. The summed E-state index contributed by atoms with van der Waals surface area (Å²) in [7, 11) is -2.21. The van der Waals surface area contributed by atoms with E-state index in [1.165, 1.54) is 30.3 Å². The molecule has 7 heteroatoms. The van der Waals surface area contributed by atoms with Crippen LogP contribution in [0.3, 0.4) is 0 Å². The third kappa shape index (κ3) is 5.88. The first kappa shape index (κ1) is 21.5. The maximum Gasteiger partial charge on any atom is 0.251 e. The van der Waals surface area contributed by atoms with Crippen LogP contribution in [0.4, 0.5) is 0 Å². The zero-order chi connectivity index (χ0) is 20.9. The second-order valence-electron chi connectivity index (χ2n) is 7.65. The third-order valence-electron chi connectivity index (χ3n) is 5.46. The second kappa shape index (κ2) is 9.52. The van der Waals surface area contributed by atoms with Crippen molar-refractivity contribution < 1.29 is 13.2 Å². The number of sulfonamides is 1. The molecule has 0 aromatic heterocycles. The van der Waals surface area contributed by atoms with Gasteiger partial charge < -0.3 is 5.32 Å². The first-order valence-electron chi connectivity index (χ1n) is 9.97. The Balaban J connectivity index is 1.47. The Labute approximate surface area is 173 Å². The minimum atomic E-state index is -3.56. The number of aryl methyl sites for hydroxylation is 1. The number of piperidine rings is 1. The Morgan fingerprint density at radius 2 is 1.79 bits per heavy atom. The number of hydrogen-bond acceptors (Lipinski definition) is 4. The van der Waals surface area contributed by atoms with Crippen molar-refractivity contribution in [3.63, 3.8) is 0 Å². The molecule has 1 saturated heterocycles. The van der Waals surface area contributed by atoms with E-state index in [0.29, 0.717) is 18.0 Å². The van der Waals surface area contributed by atoms with E-state index < -0.39 is 10.0 Å². The first-order valence-corrected chi connectivity index (χ1v) is 11.5. The van der Waals surface area contributed by atoms with E-state index >= 15 is 0 Å². The van der Waals surface area contributed by atoms with Crippen LogP contribution in [0.15, 0.2) is 53.4 Å². The van der Waals surface area contributed by atoms with Gasteiger partial charge in [0.2, 0.25) is 10.0 Å². The molecule has 0 spiro atoms. The molecule has 29 heavy (non-hydrogen) atoms. The molecular formula is C22H29N3O3S. The summed E-state index contributed by atoms with van der Waals surface area (Å²) < 4.78 is 26.1. The zero-order valence-electron chi connectivity index (χ0n) is 17.0. The topological polar surface area (TPSA) is 78.5 Å². The van der Waals surface area contributed by atoms with E-state index in [0.717, 1.165) is 32.5 Å². The molecule has 1 heterocycles. The average molecular weight is 416 g/mol. The van der Waals surface area contributed by atoms with Crippen molar-refractivity contribution in [1.82, 2.24) is 14.9 Å². The van der Waals surface area contributed by atoms with Crippen molar-refractivity contribution in [2.45, 2.75) is 31.2 Å². The predicted octanol–water partition coefficient (Wildman–Crippen LogP) is 2.55. The van der Waals surface area contributed by atoms with E-state index in [1.54, 1.807) is 12.1 Å². The molecule has 1 fully saturated rings. The van der Waals surface area contributed by atoms with Gasteiger partial charge in [0.15, 0.2) is 0 Å². The van der Waals surface area contributed by atoms with Gasteiger partial charge in [0.05, 0.1) is 4.90 Å². The molecule has 0 unspecified atom stereocenters. The van der Waals surface area contributed by atoms with Gasteiger partial charge in [0.25, 0.3) is 5.91 Å². The fourth-order valence-corrected chi connectivity index (χ4v) is 4.34. The van der Waals surface area contributed by atoms with Crippen LogP contribution < -0.4 is 10.0 Å². The summed E-state index contributed by atoms with van der Waals surface area (Å²) in [6, 6.07) is 14.8. The normalized spacial score (nSPS) is 15.9. The molecule has 2 N–H and O–H groups in total. The summed E-state index contributed by atoms with van der Waals surface area (Å²) in [6.45, 7) is 5.71. The Bertz CT molecular complexity index is 934. The molecule has 3 rings (SSSR count). The van der Waals surface area contributed by atoms with E-state index in [4.69, 9.17) is 0 Å². The molecule has 0 aliphatic carbocycles. The molecule has 0 atom stereocenters. The average Bonchev–Trinajstić information content (AvgIpc) is 2.74. The maximum atomic E-state index is 12.5. The summed E-state index contributed by atoms with van der Waals surface area (Å²) in [5.74, 6) is 0.206. The van der Waals surface area contributed by atoms with Gasteiger partial charge >= 0.3 is 0 Å². The fourth-order valence-electron chi connectivity index (χ4n) is 3.56. The van der Waals surface area contributed by atoms with Crippen molar-refractivity contribution in [2.75, 3.05) is 26.7 Å². The number of rotatable bonds is 7. The molecule has 1 aliphatic heterocycles. The summed E-state index contributed by atoms with van der Waals surface area (Å²) in [4.78, 5) is 15.0. The number of likely N-dealkylation sites (tertiary alicyclic amines) is 1. The smallest absolute Gasteiger partial charge is 0.251 e. The number of carbonyl (C=O) groups excluding carboxylic acids is 1. The molecule has 2 aromatic rings. The van der Waals surface area contributed by atoms with Gasteiger partial charge in [-0.1, -0.05) is 35.9 Å². The van der Waals surface area contributed by atoms with E-state index in [2.05, 4.69) is 46.1 Å². The fraction of sp³-hybridized carbons (Fsp3) is 0.409. The lowest BCUT2D eigenvalue weighted by atomic mass is 9.96.